The Bertz CT molecular complexity index is 815. The zero-order chi connectivity index (χ0) is 20.8. The third-order valence-corrected chi connectivity index (χ3v) is 5.83. The number of rotatable bonds is 9. The van der Waals surface area contributed by atoms with E-state index in [2.05, 4.69) is 49.1 Å². The molecule has 1 aliphatic heterocycles. The van der Waals surface area contributed by atoms with Crippen LogP contribution in [0.25, 0.3) is 0 Å². The summed E-state index contributed by atoms with van der Waals surface area (Å²) in [5, 5.41) is 12.2. The van der Waals surface area contributed by atoms with Gasteiger partial charge >= 0.3 is 0 Å². The van der Waals surface area contributed by atoms with Crippen LogP contribution < -0.4 is 9.96 Å². The van der Waals surface area contributed by atoms with E-state index >= 15 is 0 Å². The first-order valence-electron chi connectivity index (χ1n) is 10.2. The number of benzene rings is 2. The topological polar surface area (TPSA) is 35.9 Å². The quantitative estimate of drug-likeness (QED) is 0.464. The maximum absolute atomic E-state index is 9.07. The van der Waals surface area contributed by atoms with Crippen LogP contribution in [0.2, 0.25) is 10.0 Å². The lowest BCUT2D eigenvalue weighted by atomic mass is 10.0. The molecule has 29 heavy (non-hydrogen) atoms. The molecule has 156 valence electrons. The lowest BCUT2D eigenvalue weighted by molar-refractivity contribution is 0.183. The summed E-state index contributed by atoms with van der Waals surface area (Å²) in [6.45, 7) is 6.41. The van der Waals surface area contributed by atoms with Gasteiger partial charge in [0.2, 0.25) is 0 Å². The zero-order valence-electron chi connectivity index (χ0n) is 16.9. The first-order valence-corrected chi connectivity index (χ1v) is 10.9. The van der Waals surface area contributed by atoms with Crippen molar-refractivity contribution in [2.24, 2.45) is 0 Å². The summed E-state index contributed by atoms with van der Waals surface area (Å²) in [4.78, 5) is 8.51. The average Bonchev–Trinajstić information content (AvgIpc) is 3.13. The van der Waals surface area contributed by atoms with Gasteiger partial charge in [-0.1, -0.05) is 29.3 Å². The third kappa shape index (κ3) is 5.00. The Balaban J connectivity index is 1.91. The lowest BCUT2D eigenvalue weighted by Gasteiger charge is -2.28. The van der Waals surface area contributed by atoms with Crippen LogP contribution in [0.4, 0.5) is 11.4 Å². The summed E-state index contributed by atoms with van der Waals surface area (Å²) in [5.41, 5.74) is 2.96. The van der Waals surface area contributed by atoms with Crippen molar-refractivity contribution in [2.45, 2.75) is 39.2 Å². The molecule has 2 aromatic rings. The molecule has 0 aliphatic carbocycles. The molecule has 0 amide bonds. The second-order valence-electron chi connectivity index (χ2n) is 7.00. The van der Waals surface area contributed by atoms with Gasteiger partial charge in [-0.2, -0.15) is 5.06 Å². The van der Waals surface area contributed by atoms with Gasteiger partial charge in [-0.15, -0.1) is 0 Å². The Morgan fingerprint density at radius 1 is 1.00 bits per heavy atom. The maximum atomic E-state index is 9.07. The van der Waals surface area contributed by atoms with Crippen LogP contribution in [-0.2, 0) is 4.84 Å². The number of allylic oxidation sites excluding steroid dienone is 1. The summed E-state index contributed by atoms with van der Waals surface area (Å²) < 4.78 is 0. The van der Waals surface area contributed by atoms with Crippen LogP contribution in [0, 0.1) is 0 Å². The van der Waals surface area contributed by atoms with E-state index in [0.717, 1.165) is 49.4 Å². The molecule has 0 saturated carbocycles. The second-order valence-corrected chi connectivity index (χ2v) is 7.81. The van der Waals surface area contributed by atoms with Crippen molar-refractivity contribution >= 4 is 34.6 Å². The van der Waals surface area contributed by atoms with Crippen molar-refractivity contribution in [3.05, 3.63) is 69.9 Å². The van der Waals surface area contributed by atoms with Crippen LogP contribution in [0.1, 0.15) is 44.7 Å². The number of halogens is 2. The molecule has 1 N–H and O–H groups in total. The third-order valence-electron chi connectivity index (χ3n) is 5.17. The number of nitrogens with zero attached hydrogens (tertiary/aromatic N) is 2. The minimum absolute atomic E-state index is 0.184. The van der Waals surface area contributed by atoms with E-state index in [4.69, 9.17) is 33.1 Å². The van der Waals surface area contributed by atoms with Crippen LogP contribution in [0.5, 0.6) is 0 Å². The molecule has 0 bridgehead atoms. The monoisotopic (exact) mass is 434 g/mol. The minimum Gasteiger partial charge on any atom is -0.396 e. The second kappa shape index (κ2) is 10.2. The standard InChI is InChI=1S/C23H28Cl2N2O2/c1-3-26(4-2)17-11-13-18(14-12-17)27-22(16-19(29-27)8-5-6-15-28)23-20(24)9-7-10-21(23)25/h7,9-14,16,22,28H,3-6,8,15H2,1-2H3. The van der Waals surface area contributed by atoms with Gasteiger partial charge < -0.3 is 14.8 Å². The van der Waals surface area contributed by atoms with Gasteiger partial charge in [-0.25, -0.2) is 0 Å². The predicted molar refractivity (Wildman–Crippen MR) is 122 cm³/mol. The summed E-state index contributed by atoms with van der Waals surface area (Å²) >= 11 is 13.0. The molecule has 3 rings (SSSR count). The normalized spacial score (nSPS) is 16.0. The van der Waals surface area contributed by atoms with Gasteiger partial charge in [0.05, 0.1) is 5.69 Å². The van der Waals surface area contributed by atoms with Gasteiger partial charge in [0.15, 0.2) is 0 Å². The highest BCUT2D eigenvalue weighted by Crippen LogP contribution is 2.42. The largest absolute Gasteiger partial charge is 0.396 e. The van der Waals surface area contributed by atoms with Gasteiger partial charge in [-0.3, -0.25) is 0 Å². The van der Waals surface area contributed by atoms with Crippen molar-refractivity contribution in [1.82, 2.24) is 0 Å². The molecule has 1 heterocycles. The first-order chi connectivity index (χ1) is 14.1. The van der Waals surface area contributed by atoms with E-state index < -0.39 is 0 Å². The summed E-state index contributed by atoms with van der Waals surface area (Å²) in [7, 11) is 0. The highest BCUT2D eigenvalue weighted by atomic mass is 35.5. The lowest BCUT2D eigenvalue weighted by Crippen LogP contribution is -2.24. The number of unbranched alkanes of at least 4 members (excludes halogenated alkanes) is 1. The Labute approximate surface area is 183 Å². The Hall–Kier alpha value is -1.88. The van der Waals surface area contributed by atoms with E-state index in [1.165, 1.54) is 5.69 Å². The Kier molecular flexibility index (Phi) is 7.70. The van der Waals surface area contributed by atoms with Gasteiger partial charge in [0.1, 0.15) is 11.8 Å². The van der Waals surface area contributed by atoms with Gasteiger partial charge in [0, 0.05) is 47.4 Å². The van der Waals surface area contributed by atoms with Crippen LogP contribution in [0.15, 0.2) is 54.3 Å². The number of hydroxylamine groups is 1. The van der Waals surface area contributed by atoms with Gasteiger partial charge in [0.25, 0.3) is 0 Å². The fourth-order valence-electron chi connectivity index (χ4n) is 3.60. The summed E-state index contributed by atoms with van der Waals surface area (Å²) in [6, 6.07) is 13.7. The number of hydrogen-bond acceptors (Lipinski definition) is 4. The molecular weight excluding hydrogens is 407 g/mol. The number of anilines is 2. The van der Waals surface area contributed by atoms with E-state index in [1.54, 1.807) is 0 Å². The molecule has 6 heteroatoms. The first kappa shape index (κ1) is 21.8. The van der Waals surface area contributed by atoms with Crippen molar-refractivity contribution < 1.29 is 9.94 Å². The van der Waals surface area contributed by atoms with Crippen molar-refractivity contribution in [3.63, 3.8) is 0 Å². The van der Waals surface area contributed by atoms with Crippen LogP contribution >= 0.6 is 23.2 Å². The summed E-state index contributed by atoms with van der Waals surface area (Å²) in [6.07, 6.45) is 4.44. The van der Waals surface area contributed by atoms with E-state index in [9.17, 15) is 0 Å². The van der Waals surface area contributed by atoms with Gasteiger partial charge in [-0.05, 0) is 69.2 Å². The number of aliphatic hydroxyl groups is 1. The molecule has 0 radical (unpaired) electrons. The predicted octanol–water partition coefficient (Wildman–Crippen LogP) is 6.38. The maximum Gasteiger partial charge on any atom is 0.131 e. The zero-order valence-corrected chi connectivity index (χ0v) is 18.5. The van der Waals surface area contributed by atoms with E-state index in [0.29, 0.717) is 10.0 Å². The molecule has 1 unspecified atom stereocenters. The van der Waals surface area contributed by atoms with Crippen molar-refractivity contribution in [2.75, 3.05) is 29.7 Å². The minimum atomic E-state index is -0.209. The molecule has 1 aliphatic rings. The molecule has 0 aromatic heterocycles. The Morgan fingerprint density at radius 2 is 1.66 bits per heavy atom. The summed E-state index contributed by atoms with van der Waals surface area (Å²) in [5.74, 6) is 0.868. The molecule has 0 fully saturated rings. The Morgan fingerprint density at radius 3 is 2.24 bits per heavy atom. The van der Waals surface area contributed by atoms with Crippen molar-refractivity contribution in [3.8, 4) is 0 Å². The average molecular weight is 435 g/mol. The number of hydrogen-bond donors (Lipinski definition) is 1. The van der Waals surface area contributed by atoms with Crippen LogP contribution in [0.3, 0.4) is 0 Å². The highest BCUT2D eigenvalue weighted by molar-refractivity contribution is 6.36. The molecule has 0 spiro atoms. The smallest absolute Gasteiger partial charge is 0.131 e. The highest BCUT2D eigenvalue weighted by Gasteiger charge is 2.31. The van der Waals surface area contributed by atoms with E-state index in [1.807, 2.05) is 23.3 Å². The molecule has 2 aromatic carbocycles. The fraction of sp³-hybridized carbons (Fsp3) is 0.391. The molecule has 0 saturated heterocycles. The van der Waals surface area contributed by atoms with Crippen LogP contribution in [-0.4, -0.2) is 24.8 Å². The van der Waals surface area contributed by atoms with E-state index in [-0.39, 0.29) is 12.6 Å². The fourth-order valence-corrected chi connectivity index (χ4v) is 4.22. The molecular formula is C23H28Cl2N2O2. The molecule has 4 nitrogen and oxygen atoms in total. The van der Waals surface area contributed by atoms with Crippen molar-refractivity contribution in [1.29, 1.82) is 0 Å². The SMILES string of the molecule is CCN(CC)c1ccc(N2OC(CCCCO)=CC2c2c(Cl)cccc2Cl)cc1. The number of aliphatic hydroxyl groups excluding tert-OH is 1. The molecule has 1 atom stereocenters.